The molecule has 7 rings (SSSR count). The lowest BCUT2D eigenvalue weighted by atomic mass is 9.57. The van der Waals surface area contributed by atoms with Crippen molar-refractivity contribution in [3.63, 3.8) is 0 Å². The summed E-state index contributed by atoms with van der Waals surface area (Å²) in [5, 5.41) is 21.6. The number of anilines is 2. The Morgan fingerprint density at radius 1 is 0.833 bits per heavy atom. The number of non-ortho nitro benzene ring substituents is 1. The monoisotopic (exact) mass is 578 g/mol. The van der Waals surface area contributed by atoms with E-state index >= 15 is 0 Å². The van der Waals surface area contributed by atoms with Crippen molar-refractivity contribution in [2.45, 2.75) is 23.4 Å². The highest BCUT2D eigenvalue weighted by atomic mass is 35.5. The molecule has 4 aromatic rings. The molecule has 0 bridgehead atoms. The van der Waals surface area contributed by atoms with Crippen LogP contribution in [-0.2, 0) is 27.0 Å². The summed E-state index contributed by atoms with van der Waals surface area (Å²) in [6.45, 7) is 0. The molecule has 3 heterocycles. The number of carbonyl (C=O) groups excluding carboxylic acids is 3. The number of nitro groups is 1. The highest BCUT2D eigenvalue weighted by Crippen LogP contribution is 2.62. The number of nitrogens with one attached hydrogen (secondary N) is 3. The van der Waals surface area contributed by atoms with E-state index in [9.17, 15) is 24.5 Å². The van der Waals surface area contributed by atoms with Gasteiger partial charge in [0.25, 0.3) is 11.6 Å². The predicted octanol–water partition coefficient (Wildman–Crippen LogP) is 5.00. The van der Waals surface area contributed by atoms with Crippen LogP contribution in [0.15, 0.2) is 97.1 Å². The third-order valence-electron chi connectivity index (χ3n) is 8.74. The van der Waals surface area contributed by atoms with E-state index < -0.39 is 39.7 Å². The van der Waals surface area contributed by atoms with E-state index in [0.717, 1.165) is 5.56 Å². The minimum absolute atomic E-state index is 0.236. The normalized spacial score (nSPS) is 25.3. The molecule has 0 aromatic heterocycles. The molecule has 1 fully saturated rings. The second-order valence-corrected chi connectivity index (χ2v) is 11.2. The number of amides is 2. The van der Waals surface area contributed by atoms with Gasteiger partial charge in [0, 0.05) is 45.7 Å². The summed E-state index contributed by atoms with van der Waals surface area (Å²) in [6.07, 6.45) is 0.307. The fourth-order valence-electron chi connectivity index (χ4n) is 7.12. The Morgan fingerprint density at radius 3 is 2.24 bits per heavy atom. The first-order valence-corrected chi connectivity index (χ1v) is 13.8. The highest BCUT2D eigenvalue weighted by molar-refractivity contribution is 6.30. The van der Waals surface area contributed by atoms with Gasteiger partial charge in [-0.3, -0.25) is 29.8 Å². The Kier molecular flexibility index (Phi) is 5.79. The molecule has 4 atom stereocenters. The number of carbonyl (C=O) groups is 3. The van der Waals surface area contributed by atoms with Crippen molar-refractivity contribution >= 4 is 46.3 Å². The van der Waals surface area contributed by atoms with E-state index in [1.54, 1.807) is 48.5 Å². The van der Waals surface area contributed by atoms with Crippen LogP contribution in [0.25, 0.3) is 0 Å². The van der Waals surface area contributed by atoms with E-state index in [1.807, 2.05) is 30.3 Å². The van der Waals surface area contributed by atoms with E-state index in [4.69, 9.17) is 11.6 Å². The third kappa shape index (κ3) is 3.44. The molecular weight excluding hydrogens is 556 g/mol. The van der Waals surface area contributed by atoms with Crippen LogP contribution in [-0.4, -0.2) is 28.6 Å². The molecule has 2 spiro atoms. The number of para-hydroxylation sites is 1. The first kappa shape index (κ1) is 26.1. The molecule has 0 aliphatic carbocycles. The van der Waals surface area contributed by atoms with Crippen LogP contribution in [0.3, 0.4) is 0 Å². The SMILES string of the molecule is O=C(c1ccc(Cl)cc1)[C@H]1[C@H](Cc2ccccc2)N[C@@]2(C(=O)Nc3ccc([N+](=O)[O-])cc32)[C@@]12C(=O)Nc1ccccc12. The molecule has 10 heteroatoms. The number of Topliss-reactive ketones (excluding diaryl/α,β-unsaturated/α-hetero) is 1. The van der Waals surface area contributed by atoms with Crippen LogP contribution >= 0.6 is 11.6 Å². The Balaban J connectivity index is 1.55. The van der Waals surface area contributed by atoms with Gasteiger partial charge >= 0.3 is 0 Å². The maximum Gasteiger partial charge on any atom is 0.269 e. The van der Waals surface area contributed by atoms with Crippen LogP contribution in [0.5, 0.6) is 0 Å². The van der Waals surface area contributed by atoms with Gasteiger partial charge in [0.05, 0.1) is 10.8 Å². The van der Waals surface area contributed by atoms with E-state index in [-0.39, 0.29) is 17.0 Å². The summed E-state index contributed by atoms with van der Waals surface area (Å²) in [5.41, 5.74) is -1.10. The molecule has 9 nitrogen and oxygen atoms in total. The van der Waals surface area contributed by atoms with Crippen LogP contribution in [0.1, 0.15) is 27.0 Å². The van der Waals surface area contributed by atoms with Gasteiger partial charge in [-0.15, -0.1) is 0 Å². The van der Waals surface area contributed by atoms with Crippen LogP contribution in [0, 0.1) is 16.0 Å². The molecule has 0 unspecified atom stereocenters. The third-order valence-corrected chi connectivity index (χ3v) is 8.99. The van der Waals surface area contributed by atoms with Crippen molar-refractivity contribution in [2.24, 2.45) is 5.92 Å². The molecule has 0 radical (unpaired) electrons. The number of benzene rings is 4. The van der Waals surface area contributed by atoms with Crippen LogP contribution in [0.2, 0.25) is 5.02 Å². The van der Waals surface area contributed by atoms with Gasteiger partial charge in [0.2, 0.25) is 5.91 Å². The minimum atomic E-state index is -1.84. The summed E-state index contributed by atoms with van der Waals surface area (Å²) < 4.78 is 0. The van der Waals surface area contributed by atoms with Crippen molar-refractivity contribution in [3.8, 4) is 0 Å². The molecule has 4 aromatic carbocycles. The first-order chi connectivity index (χ1) is 20.3. The smallest absolute Gasteiger partial charge is 0.269 e. The summed E-state index contributed by atoms with van der Waals surface area (Å²) >= 11 is 6.14. The minimum Gasteiger partial charge on any atom is -0.325 e. The topological polar surface area (TPSA) is 130 Å². The Hall–Kier alpha value is -4.86. The standard InChI is InChI=1S/C32H23ClN4O5/c33-20-12-10-19(11-13-20)28(38)27-26(16-18-6-2-1-3-7-18)36-32(31(27)22-8-4-5-9-24(22)34-29(31)39)23-17-21(37(41)42)14-15-25(23)35-30(32)40/h1-15,17,26-27,36H,16H2,(H,34,39)(H,35,40)/t26-,27+,31+,32-/m0/s1. The number of hydrogen-bond acceptors (Lipinski definition) is 6. The van der Waals surface area contributed by atoms with Crippen LogP contribution in [0.4, 0.5) is 17.1 Å². The zero-order valence-electron chi connectivity index (χ0n) is 22.0. The summed E-state index contributed by atoms with van der Waals surface area (Å²) in [6, 6.07) is 26.3. The lowest BCUT2D eigenvalue weighted by Gasteiger charge is -2.40. The van der Waals surface area contributed by atoms with Gasteiger partial charge in [-0.05, 0) is 53.9 Å². The molecule has 3 N–H and O–H groups in total. The molecule has 42 heavy (non-hydrogen) atoms. The number of halogens is 1. The molecule has 1 saturated heterocycles. The first-order valence-electron chi connectivity index (χ1n) is 13.4. The number of hydrogen-bond donors (Lipinski definition) is 3. The number of ketones is 1. The average molecular weight is 579 g/mol. The number of nitrogens with zero attached hydrogens (tertiary/aromatic N) is 1. The predicted molar refractivity (Wildman–Crippen MR) is 156 cm³/mol. The zero-order valence-corrected chi connectivity index (χ0v) is 22.7. The quantitative estimate of drug-likeness (QED) is 0.174. The number of rotatable bonds is 5. The fraction of sp³-hybridized carbons (Fsp3) is 0.156. The van der Waals surface area contributed by atoms with Crippen molar-refractivity contribution in [2.75, 3.05) is 10.6 Å². The lowest BCUT2D eigenvalue weighted by Crippen LogP contribution is -2.61. The lowest BCUT2D eigenvalue weighted by molar-refractivity contribution is -0.384. The summed E-state index contributed by atoms with van der Waals surface area (Å²) in [5.74, 6) is -2.53. The average Bonchev–Trinajstić information content (AvgIpc) is 3.57. The molecule has 3 aliphatic heterocycles. The Bertz CT molecular complexity index is 1810. The molecule has 0 saturated carbocycles. The van der Waals surface area contributed by atoms with Gasteiger partial charge < -0.3 is 10.6 Å². The number of fused-ring (bicyclic) bond motifs is 5. The van der Waals surface area contributed by atoms with Gasteiger partial charge in [-0.2, -0.15) is 0 Å². The second kappa shape index (κ2) is 9.34. The van der Waals surface area contributed by atoms with Gasteiger partial charge in [-0.1, -0.05) is 60.1 Å². The van der Waals surface area contributed by atoms with E-state index in [1.165, 1.54) is 18.2 Å². The van der Waals surface area contributed by atoms with E-state index in [0.29, 0.717) is 33.9 Å². The largest absolute Gasteiger partial charge is 0.325 e. The number of nitro benzene ring substituents is 1. The Labute approximate surface area is 245 Å². The van der Waals surface area contributed by atoms with Crippen molar-refractivity contribution < 1.29 is 19.3 Å². The van der Waals surface area contributed by atoms with Gasteiger partial charge in [0.1, 0.15) is 11.0 Å². The fourth-order valence-corrected chi connectivity index (χ4v) is 7.24. The summed E-state index contributed by atoms with van der Waals surface area (Å²) in [4.78, 5) is 54.9. The highest BCUT2D eigenvalue weighted by Gasteiger charge is 2.77. The maximum atomic E-state index is 14.7. The zero-order chi connectivity index (χ0) is 29.2. The van der Waals surface area contributed by atoms with Crippen molar-refractivity contribution in [3.05, 3.63) is 134 Å². The van der Waals surface area contributed by atoms with Gasteiger partial charge in [-0.25, -0.2) is 0 Å². The van der Waals surface area contributed by atoms with Crippen LogP contribution < -0.4 is 16.0 Å². The van der Waals surface area contributed by atoms with E-state index in [2.05, 4.69) is 16.0 Å². The molecular formula is C32H23ClN4O5. The van der Waals surface area contributed by atoms with Crippen molar-refractivity contribution in [1.82, 2.24) is 5.32 Å². The van der Waals surface area contributed by atoms with Crippen molar-refractivity contribution in [1.29, 1.82) is 0 Å². The molecule has 2 amide bonds. The molecule has 208 valence electrons. The second-order valence-electron chi connectivity index (χ2n) is 10.8. The Morgan fingerprint density at radius 2 is 1.50 bits per heavy atom. The summed E-state index contributed by atoms with van der Waals surface area (Å²) in [7, 11) is 0. The maximum absolute atomic E-state index is 14.7. The van der Waals surface area contributed by atoms with Gasteiger partial charge in [0.15, 0.2) is 5.78 Å². The molecule has 3 aliphatic rings.